The first-order valence-electron chi connectivity index (χ1n) is 8.43. The number of fused-ring (bicyclic) bond motifs is 1. The number of aryl methyl sites for hydroxylation is 1. The number of aromatic nitrogens is 2. The monoisotopic (exact) mass is 326 g/mol. The number of ether oxygens (including phenoxy) is 1. The van der Waals surface area contributed by atoms with Crippen LogP contribution in [0.5, 0.6) is 0 Å². The summed E-state index contributed by atoms with van der Waals surface area (Å²) in [7, 11) is 5.49. The van der Waals surface area contributed by atoms with E-state index in [1.54, 1.807) is 7.11 Å². The topological polar surface area (TPSA) is 62.9 Å². The summed E-state index contributed by atoms with van der Waals surface area (Å²) in [5.74, 6) is 0.665. The van der Waals surface area contributed by atoms with Gasteiger partial charge in [-0.3, -0.25) is 4.68 Å². The van der Waals surface area contributed by atoms with Crippen LogP contribution in [0.25, 0.3) is 16.7 Å². The normalized spacial score (nSPS) is 12.1. The average Bonchev–Trinajstić information content (AvgIpc) is 2.98. The number of nitriles is 1. The SMILES string of the molecule is CCCCC/C(C#N)=C(/OC)c1ccc(CNC)c2cnn(C)c12. The number of unbranched alkanes of at least 4 members (excludes halogenated alkanes) is 2. The van der Waals surface area contributed by atoms with Crippen molar-refractivity contribution in [2.75, 3.05) is 14.2 Å². The van der Waals surface area contributed by atoms with Gasteiger partial charge in [-0.15, -0.1) is 0 Å². The number of rotatable bonds is 8. The van der Waals surface area contributed by atoms with Crippen LogP contribution in [0.15, 0.2) is 23.9 Å². The van der Waals surface area contributed by atoms with Crippen molar-refractivity contribution in [3.63, 3.8) is 0 Å². The van der Waals surface area contributed by atoms with E-state index in [0.29, 0.717) is 11.3 Å². The van der Waals surface area contributed by atoms with E-state index in [2.05, 4.69) is 29.5 Å². The van der Waals surface area contributed by atoms with Crippen LogP contribution in [-0.4, -0.2) is 23.9 Å². The second kappa shape index (κ2) is 8.51. The third-order valence-electron chi connectivity index (χ3n) is 4.25. The van der Waals surface area contributed by atoms with Gasteiger partial charge in [0.05, 0.1) is 30.5 Å². The molecule has 0 bridgehead atoms. The highest BCUT2D eigenvalue weighted by Gasteiger charge is 2.17. The summed E-state index contributed by atoms with van der Waals surface area (Å²) in [6.07, 6.45) is 5.86. The maximum atomic E-state index is 9.60. The molecule has 0 saturated heterocycles. The maximum Gasteiger partial charge on any atom is 0.141 e. The standard InChI is InChI=1S/C19H26N4O/c1-5-6-7-8-14(11-20)19(24-4)16-10-9-15(12-21-2)17-13-22-23(3)18(16)17/h9-10,13,21H,5-8,12H2,1-4H3/b19-14-. The molecule has 2 rings (SSSR count). The quantitative estimate of drug-likeness (QED) is 0.456. The number of nitrogens with zero attached hydrogens (tertiary/aromatic N) is 3. The van der Waals surface area contributed by atoms with Crippen molar-refractivity contribution in [2.45, 2.75) is 39.2 Å². The van der Waals surface area contributed by atoms with Gasteiger partial charge in [0.2, 0.25) is 0 Å². The van der Waals surface area contributed by atoms with Crippen LogP contribution in [0, 0.1) is 11.3 Å². The van der Waals surface area contributed by atoms with Crippen molar-refractivity contribution < 1.29 is 4.74 Å². The zero-order chi connectivity index (χ0) is 17.5. The lowest BCUT2D eigenvalue weighted by molar-refractivity contribution is 0.366. The molecule has 1 aromatic heterocycles. The molecule has 0 unspecified atom stereocenters. The number of hydrogen-bond acceptors (Lipinski definition) is 4. The molecule has 128 valence electrons. The van der Waals surface area contributed by atoms with Gasteiger partial charge in [0.1, 0.15) is 5.76 Å². The fourth-order valence-electron chi connectivity index (χ4n) is 3.04. The molecule has 2 aromatic rings. The van der Waals surface area contributed by atoms with Crippen LogP contribution in [0.3, 0.4) is 0 Å². The fourth-order valence-corrected chi connectivity index (χ4v) is 3.04. The molecule has 1 N–H and O–H groups in total. The Morgan fingerprint density at radius 1 is 1.38 bits per heavy atom. The second-order valence-electron chi connectivity index (χ2n) is 5.91. The van der Waals surface area contributed by atoms with Gasteiger partial charge in [0.15, 0.2) is 0 Å². The highest BCUT2D eigenvalue weighted by atomic mass is 16.5. The molecule has 0 saturated carbocycles. The van der Waals surface area contributed by atoms with Gasteiger partial charge in [-0.25, -0.2) is 0 Å². The van der Waals surface area contributed by atoms with Gasteiger partial charge in [-0.05, 0) is 31.5 Å². The Morgan fingerprint density at radius 3 is 2.79 bits per heavy atom. The molecule has 0 aliphatic rings. The Hall–Kier alpha value is -2.32. The fraction of sp³-hybridized carbons (Fsp3) is 0.474. The largest absolute Gasteiger partial charge is 0.495 e. The highest BCUT2D eigenvalue weighted by Crippen LogP contribution is 2.31. The minimum Gasteiger partial charge on any atom is -0.495 e. The lowest BCUT2D eigenvalue weighted by atomic mass is 9.99. The molecule has 5 heteroatoms. The lowest BCUT2D eigenvalue weighted by Gasteiger charge is -2.13. The summed E-state index contributed by atoms with van der Waals surface area (Å²) in [4.78, 5) is 0. The first-order chi connectivity index (χ1) is 11.7. The zero-order valence-corrected chi connectivity index (χ0v) is 15.0. The van der Waals surface area contributed by atoms with Crippen LogP contribution >= 0.6 is 0 Å². The van der Waals surface area contributed by atoms with Crippen molar-refractivity contribution in [3.05, 3.63) is 35.0 Å². The number of allylic oxidation sites excluding steroid dienone is 1. The predicted molar refractivity (Wildman–Crippen MR) is 97.2 cm³/mol. The van der Waals surface area contributed by atoms with E-state index in [1.165, 1.54) is 5.56 Å². The summed E-state index contributed by atoms with van der Waals surface area (Å²) >= 11 is 0. The van der Waals surface area contributed by atoms with Crippen molar-refractivity contribution in [1.29, 1.82) is 5.26 Å². The number of hydrogen-bond donors (Lipinski definition) is 1. The molecule has 1 aromatic carbocycles. The van der Waals surface area contributed by atoms with E-state index < -0.39 is 0 Å². The minimum atomic E-state index is 0.665. The van der Waals surface area contributed by atoms with Crippen molar-refractivity contribution in [3.8, 4) is 6.07 Å². The molecule has 1 heterocycles. The van der Waals surface area contributed by atoms with E-state index in [4.69, 9.17) is 4.74 Å². The summed E-state index contributed by atoms with van der Waals surface area (Å²) in [6.45, 7) is 2.93. The zero-order valence-electron chi connectivity index (χ0n) is 15.0. The van der Waals surface area contributed by atoms with Crippen molar-refractivity contribution in [1.82, 2.24) is 15.1 Å². The predicted octanol–water partition coefficient (Wildman–Crippen LogP) is 3.75. The summed E-state index contributed by atoms with van der Waals surface area (Å²) < 4.78 is 7.50. The Bertz CT molecular complexity index is 768. The van der Waals surface area contributed by atoms with Gasteiger partial charge in [-0.1, -0.05) is 25.8 Å². The average molecular weight is 326 g/mol. The summed E-state index contributed by atoms with van der Waals surface area (Å²) in [5.41, 5.74) is 3.82. The molecule has 0 radical (unpaired) electrons. The van der Waals surface area contributed by atoms with E-state index in [0.717, 1.165) is 48.7 Å². The molecule has 0 spiro atoms. The lowest BCUT2D eigenvalue weighted by Crippen LogP contribution is -2.06. The number of benzene rings is 1. The van der Waals surface area contributed by atoms with Gasteiger partial charge in [0.25, 0.3) is 0 Å². The Kier molecular flexibility index (Phi) is 6.39. The van der Waals surface area contributed by atoms with Crippen molar-refractivity contribution >= 4 is 16.7 Å². The molecule has 0 aliphatic heterocycles. The number of methoxy groups -OCH3 is 1. The molecule has 0 atom stereocenters. The van der Waals surface area contributed by atoms with Crippen LogP contribution < -0.4 is 5.32 Å². The Morgan fingerprint density at radius 2 is 2.17 bits per heavy atom. The van der Waals surface area contributed by atoms with E-state index >= 15 is 0 Å². The molecule has 0 aliphatic carbocycles. The Balaban J connectivity index is 2.58. The van der Waals surface area contributed by atoms with Gasteiger partial charge < -0.3 is 10.1 Å². The molecular weight excluding hydrogens is 300 g/mol. The third-order valence-corrected chi connectivity index (χ3v) is 4.25. The summed E-state index contributed by atoms with van der Waals surface area (Å²) in [5, 5.41) is 18.3. The van der Waals surface area contributed by atoms with E-state index in [1.807, 2.05) is 31.0 Å². The van der Waals surface area contributed by atoms with Gasteiger partial charge >= 0.3 is 0 Å². The minimum absolute atomic E-state index is 0.665. The van der Waals surface area contributed by atoms with Crippen molar-refractivity contribution in [2.24, 2.45) is 7.05 Å². The van der Waals surface area contributed by atoms with Crippen LogP contribution in [-0.2, 0) is 18.3 Å². The first-order valence-corrected chi connectivity index (χ1v) is 8.43. The van der Waals surface area contributed by atoms with E-state index in [-0.39, 0.29) is 0 Å². The molecular formula is C19H26N4O. The molecule has 0 amide bonds. The first kappa shape index (κ1) is 18.0. The molecule has 24 heavy (non-hydrogen) atoms. The highest BCUT2D eigenvalue weighted by molar-refractivity contribution is 5.93. The maximum absolute atomic E-state index is 9.60. The summed E-state index contributed by atoms with van der Waals surface area (Å²) in [6, 6.07) is 6.45. The van der Waals surface area contributed by atoms with Crippen LogP contribution in [0.2, 0.25) is 0 Å². The van der Waals surface area contributed by atoms with Crippen LogP contribution in [0.1, 0.15) is 43.7 Å². The molecule has 0 fully saturated rings. The number of nitrogens with one attached hydrogen (secondary N) is 1. The second-order valence-corrected chi connectivity index (χ2v) is 5.91. The molecule has 5 nitrogen and oxygen atoms in total. The van der Waals surface area contributed by atoms with Crippen LogP contribution in [0.4, 0.5) is 0 Å². The van der Waals surface area contributed by atoms with E-state index in [9.17, 15) is 5.26 Å². The Labute approximate surface area is 143 Å². The van der Waals surface area contributed by atoms with Gasteiger partial charge in [-0.2, -0.15) is 10.4 Å². The smallest absolute Gasteiger partial charge is 0.141 e. The van der Waals surface area contributed by atoms with Gasteiger partial charge in [0, 0.05) is 24.5 Å². The third kappa shape index (κ3) is 3.60.